The SMILES string of the molecule is CC(=O)c1ccc(NC(=O)CC2SC(=Nc3ccc(C)c(C)c3)N(CC3CCCO3)C2=O)cc1. The first kappa shape index (κ1) is 24.2. The van der Waals surface area contributed by atoms with Crippen molar-refractivity contribution >= 4 is 45.9 Å². The molecule has 8 heteroatoms. The van der Waals surface area contributed by atoms with E-state index in [0.717, 1.165) is 24.1 Å². The van der Waals surface area contributed by atoms with Crippen LogP contribution in [0, 0.1) is 13.8 Å². The van der Waals surface area contributed by atoms with Gasteiger partial charge in [-0.2, -0.15) is 0 Å². The fourth-order valence-electron chi connectivity index (χ4n) is 3.96. The third kappa shape index (κ3) is 5.74. The Morgan fingerprint density at radius 1 is 1.15 bits per heavy atom. The number of hydrogen-bond acceptors (Lipinski definition) is 6. The highest BCUT2D eigenvalue weighted by Gasteiger charge is 2.40. The first-order valence-corrected chi connectivity index (χ1v) is 12.3. The highest BCUT2D eigenvalue weighted by molar-refractivity contribution is 8.15. The number of amides is 2. The van der Waals surface area contributed by atoms with E-state index in [1.165, 1.54) is 24.2 Å². The van der Waals surface area contributed by atoms with E-state index in [2.05, 4.69) is 5.32 Å². The van der Waals surface area contributed by atoms with Crippen molar-refractivity contribution in [2.24, 2.45) is 4.99 Å². The molecular weight excluding hydrogens is 450 g/mol. The van der Waals surface area contributed by atoms with Crippen molar-refractivity contribution in [3.8, 4) is 0 Å². The van der Waals surface area contributed by atoms with E-state index in [-0.39, 0.29) is 30.1 Å². The minimum atomic E-state index is -0.553. The van der Waals surface area contributed by atoms with Crippen LogP contribution in [0.25, 0.3) is 0 Å². The Balaban J connectivity index is 1.49. The minimum absolute atomic E-state index is 0.0122. The first-order valence-electron chi connectivity index (χ1n) is 11.5. The van der Waals surface area contributed by atoms with E-state index < -0.39 is 5.25 Å². The number of anilines is 1. The van der Waals surface area contributed by atoms with Gasteiger partial charge in [0.1, 0.15) is 5.25 Å². The molecule has 4 rings (SSSR count). The standard InChI is InChI=1S/C26H29N3O4S/c1-16-6-9-21(13-17(16)2)28-26-29(15-22-5-4-12-33-22)25(32)23(34-26)14-24(31)27-20-10-7-19(8-11-20)18(3)30/h6-11,13,22-23H,4-5,12,14-15H2,1-3H3,(H,27,31). The van der Waals surface area contributed by atoms with Crippen LogP contribution in [0.4, 0.5) is 11.4 Å². The first-order chi connectivity index (χ1) is 16.3. The van der Waals surface area contributed by atoms with Crippen LogP contribution in [0.15, 0.2) is 47.5 Å². The van der Waals surface area contributed by atoms with Gasteiger partial charge < -0.3 is 10.1 Å². The Morgan fingerprint density at radius 3 is 2.56 bits per heavy atom. The summed E-state index contributed by atoms with van der Waals surface area (Å²) in [6, 6.07) is 12.7. The molecule has 7 nitrogen and oxygen atoms in total. The molecule has 0 aliphatic carbocycles. The lowest BCUT2D eigenvalue weighted by molar-refractivity contribution is -0.129. The number of ether oxygens (including phenoxy) is 1. The zero-order chi connectivity index (χ0) is 24.2. The molecule has 178 valence electrons. The smallest absolute Gasteiger partial charge is 0.242 e. The average Bonchev–Trinajstić information content (AvgIpc) is 3.41. The molecule has 2 aliphatic rings. The molecule has 2 unspecified atom stereocenters. The topological polar surface area (TPSA) is 88.1 Å². The lowest BCUT2D eigenvalue weighted by Gasteiger charge is -2.20. The third-order valence-electron chi connectivity index (χ3n) is 6.09. The molecule has 0 saturated carbocycles. The highest BCUT2D eigenvalue weighted by atomic mass is 32.2. The van der Waals surface area contributed by atoms with Gasteiger partial charge in [-0.15, -0.1) is 0 Å². The Labute approximate surface area is 204 Å². The molecule has 2 aromatic rings. The van der Waals surface area contributed by atoms with Crippen molar-refractivity contribution < 1.29 is 19.1 Å². The molecule has 2 heterocycles. The largest absolute Gasteiger partial charge is 0.376 e. The van der Waals surface area contributed by atoms with Gasteiger partial charge in [-0.05, 0) is 81.1 Å². The van der Waals surface area contributed by atoms with Crippen LogP contribution in [-0.4, -0.2) is 52.2 Å². The fraction of sp³-hybridized carbons (Fsp3) is 0.385. The number of aryl methyl sites for hydroxylation is 2. The number of aliphatic imine (C=N–C) groups is 1. The summed E-state index contributed by atoms with van der Waals surface area (Å²) in [7, 11) is 0. The maximum absolute atomic E-state index is 13.3. The van der Waals surface area contributed by atoms with Crippen LogP contribution in [0.2, 0.25) is 0 Å². The van der Waals surface area contributed by atoms with Gasteiger partial charge in [-0.25, -0.2) is 4.99 Å². The number of nitrogens with zero attached hydrogens (tertiary/aromatic N) is 2. The molecule has 2 saturated heterocycles. The molecule has 2 amide bonds. The summed E-state index contributed by atoms with van der Waals surface area (Å²) < 4.78 is 5.76. The number of carbonyl (C=O) groups excluding carboxylic acids is 3. The summed E-state index contributed by atoms with van der Waals surface area (Å²) in [5.41, 5.74) is 4.27. The Morgan fingerprint density at radius 2 is 1.91 bits per heavy atom. The van der Waals surface area contributed by atoms with E-state index in [1.807, 2.05) is 32.0 Å². The van der Waals surface area contributed by atoms with Gasteiger partial charge in [-0.1, -0.05) is 17.8 Å². The lowest BCUT2D eigenvalue weighted by Crippen LogP contribution is -2.38. The monoisotopic (exact) mass is 479 g/mol. The predicted molar refractivity (Wildman–Crippen MR) is 135 cm³/mol. The summed E-state index contributed by atoms with van der Waals surface area (Å²) in [4.78, 5) is 43.9. The van der Waals surface area contributed by atoms with E-state index in [9.17, 15) is 14.4 Å². The predicted octanol–water partition coefficient (Wildman–Crippen LogP) is 4.65. The number of rotatable bonds is 7. The van der Waals surface area contributed by atoms with Crippen molar-refractivity contribution in [3.05, 3.63) is 59.2 Å². The maximum Gasteiger partial charge on any atom is 0.242 e. The second-order valence-electron chi connectivity index (χ2n) is 8.74. The van der Waals surface area contributed by atoms with Crippen molar-refractivity contribution in [3.63, 3.8) is 0 Å². The molecule has 0 spiro atoms. The second kappa shape index (κ2) is 10.5. The molecule has 0 bridgehead atoms. The third-order valence-corrected chi connectivity index (χ3v) is 7.27. The van der Waals surface area contributed by atoms with Crippen molar-refractivity contribution in [1.29, 1.82) is 0 Å². The van der Waals surface area contributed by atoms with Gasteiger partial charge in [0.05, 0.1) is 18.3 Å². The van der Waals surface area contributed by atoms with Gasteiger partial charge in [0.15, 0.2) is 11.0 Å². The normalized spacial score (nSPS) is 21.3. The molecule has 0 aromatic heterocycles. The van der Waals surface area contributed by atoms with E-state index in [4.69, 9.17) is 9.73 Å². The van der Waals surface area contributed by atoms with Gasteiger partial charge in [-0.3, -0.25) is 19.3 Å². The molecule has 1 N–H and O–H groups in total. The van der Waals surface area contributed by atoms with Crippen LogP contribution < -0.4 is 5.32 Å². The van der Waals surface area contributed by atoms with E-state index in [1.54, 1.807) is 29.2 Å². The Hall–Kier alpha value is -2.97. The van der Waals surface area contributed by atoms with Gasteiger partial charge in [0.2, 0.25) is 11.8 Å². The number of amidine groups is 1. The molecule has 2 aromatic carbocycles. The van der Waals surface area contributed by atoms with Crippen LogP contribution in [0.3, 0.4) is 0 Å². The van der Waals surface area contributed by atoms with E-state index >= 15 is 0 Å². The number of nitrogens with one attached hydrogen (secondary N) is 1. The summed E-state index contributed by atoms with van der Waals surface area (Å²) in [5, 5.41) is 2.87. The number of thioether (sulfide) groups is 1. The summed E-state index contributed by atoms with van der Waals surface area (Å²) in [6.45, 7) is 6.73. The van der Waals surface area contributed by atoms with Crippen molar-refractivity contribution in [2.75, 3.05) is 18.5 Å². The highest BCUT2D eigenvalue weighted by Crippen LogP contribution is 2.33. The Bertz CT molecular complexity index is 1120. The summed E-state index contributed by atoms with van der Waals surface area (Å²) in [5.74, 6) is -0.413. The number of Topliss-reactive ketones (excluding diaryl/α,β-unsaturated/α-hetero) is 1. The number of hydrogen-bond donors (Lipinski definition) is 1. The number of benzene rings is 2. The zero-order valence-electron chi connectivity index (χ0n) is 19.7. The van der Waals surface area contributed by atoms with Crippen LogP contribution >= 0.6 is 11.8 Å². The molecule has 2 atom stereocenters. The number of ketones is 1. The maximum atomic E-state index is 13.3. The van der Waals surface area contributed by atoms with Gasteiger partial charge >= 0.3 is 0 Å². The lowest BCUT2D eigenvalue weighted by atomic mass is 10.1. The van der Waals surface area contributed by atoms with Crippen LogP contribution in [-0.2, 0) is 14.3 Å². The molecule has 34 heavy (non-hydrogen) atoms. The van der Waals surface area contributed by atoms with E-state index in [0.29, 0.717) is 29.6 Å². The van der Waals surface area contributed by atoms with Gasteiger partial charge in [0, 0.05) is 24.3 Å². The summed E-state index contributed by atoms with van der Waals surface area (Å²) in [6.07, 6.45) is 1.91. The number of carbonyl (C=O) groups is 3. The molecule has 2 fully saturated rings. The second-order valence-corrected chi connectivity index (χ2v) is 9.91. The Kier molecular flexibility index (Phi) is 7.48. The summed E-state index contributed by atoms with van der Waals surface area (Å²) >= 11 is 1.33. The average molecular weight is 480 g/mol. The fourth-order valence-corrected chi connectivity index (χ4v) is 5.13. The minimum Gasteiger partial charge on any atom is -0.376 e. The molecular formula is C26H29N3O4S. The van der Waals surface area contributed by atoms with Crippen LogP contribution in [0.1, 0.15) is 47.7 Å². The van der Waals surface area contributed by atoms with Crippen molar-refractivity contribution in [2.45, 2.75) is 51.4 Å². The van der Waals surface area contributed by atoms with Crippen molar-refractivity contribution in [1.82, 2.24) is 4.90 Å². The molecule has 2 aliphatic heterocycles. The molecule has 0 radical (unpaired) electrons. The van der Waals surface area contributed by atoms with Crippen LogP contribution in [0.5, 0.6) is 0 Å². The van der Waals surface area contributed by atoms with Gasteiger partial charge in [0.25, 0.3) is 0 Å². The quantitative estimate of drug-likeness (QED) is 0.584. The zero-order valence-corrected chi connectivity index (χ0v) is 20.5.